The standard InChI is InChI=1S/C14H10NOS.C5H8O2.Ir/c1-10-12(7-8-16-10)13-14(17-9-15-13)11-5-3-2-4-6-11;1-4(6)3-5(2)7;/h2-6,8-9H,1H3;3,6H,1-2H3;/q-1;;/b;4-3-;. The molecule has 1 aromatic carbocycles. The number of ketones is 1. The molecule has 0 bridgehead atoms. The minimum absolute atomic E-state index is 0. The fourth-order valence-electron chi connectivity index (χ4n) is 2.09. The summed E-state index contributed by atoms with van der Waals surface area (Å²) in [6, 6.07) is 13.4. The number of hydrogen-bond donors (Lipinski definition) is 1. The minimum Gasteiger partial charge on any atom is -0.540 e. The maximum absolute atomic E-state index is 10.0. The summed E-state index contributed by atoms with van der Waals surface area (Å²) in [7, 11) is 0. The number of aryl methyl sites for hydroxylation is 1. The van der Waals surface area contributed by atoms with Crippen molar-refractivity contribution in [1.82, 2.24) is 4.98 Å². The number of aliphatic hydroxyl groups is 1. The summed E-state index contributed by atoms with van der Waals surface area (Å²) in [4.78, 5) is 15.6. The average molecular weight is 533 g/mol. The molecule has 3 aromatic rings. The van der Waals surface area contributed by atoms with E-state index in [9.17, 15) is 4.79 Å². The summed E-state index contributed by atoms with van der Waals surface area (Å²) in [6.45, 7) is 4.78. The Bertz CT molecular complexity index is 833. The van der Waals surface area contributed by atoms with Gasteiger partial charge in [0.2, 0.25) is 0 Å². The van der Waals surface area contributed by atoms with Crippen molar-refractivity contribution in [3.8, 4) is 21.7 Å². The number of thiazole rings is 1. The van der Waals surface area contributed by atoms with Gasteiger partial charge in [0.1, 0.15) is 0 Å². The van der Waals surface area contributed by atoms with E-state index in [2.05, 4.69) is 23.2 Å². The summed E-state index contributed by atoms with van der Waals surface area (Å²) >= 11 is 1.64. The maximum atomic E-state index is 10.0. The van der Waals surface area contributed by atoms with Crippen LogP contribution < -0.4 is 0 Å². The number of benzene rings is 1. The number of aromatic nitrogens is 1. The van der Waals surface area contributed by atoms with Crippen LogP contribution in [0, 0.1) is 13.0 Å². The SMILES string of the molecule is CC(=O)/C=C(/C)O.Cc1oc[c-]c1-c1ncsc1-c1ccccc1.[Ir]. The molecule has 133 valence electrons. The quantitative estimate of drug-likeness (QED) is 0.286. The van der Waals surface area contributed by atoms with Crippen LogP contribution in [-0.2, 0) is 24.9 Å². The van der Waals surface area contributed by atoms with Crippen LogP contribution >= 0.6 is 11.3 Å². The molecule has 0 aliphatic rings. The van der Waals surface area contributed by atoms with E-state index < -0.39 is 0 Å². The zero-order valence-electron chi connectivity index (χ0n) is 14.1. The van der Waals surface area contributed by atoms with Crippen molar-refractivity contribution >= 4 is 17.1 Å². The molecule has 0 aliphatic carbocycles. The van der Waals surface area contributed by atoms with Crippen molar-refractivity contribution in [1.29, 1.82) is 0 Å². The summed E-state index contributed by atoms with van der Waals surface area (Å²) in [5, 5.41) is 8.36. The molecule has 6 heteroatoms. The third kappa shape index (κ3) is 6.09. The Morgan fingerprint density at radius 3 is 2.44 bits per heavy atom. The molecule has 1 radical (unpaired) electrons. The smallest absolute Gasteiger partial charge is 0.155 e. The van der Waals surface area contributed by atoms with Crippen molar-refractivity contribution in [2.45, 2.75) is 20.8 Å². The maximum Gasteiger partial charge on any atom is 0.155 e. The van der Waals surface area contributed by atoms with Gasteiger partial charge in [-0.25, -0.2) is 0 Å². The van der Waals surface area contributed by atoms with E-state index >= 15 is 0 Å². The first-order valence-electron chi connectivity index (χ1n) is 7.32. The monoisotopic (exact) mass is 533 g/mol. The molecule has 4 nitrogen and oxygen atoms in total. The van der Waals surface area contributed by atoms with Crippen LogP contribution in [0.2, 0.25) is 0 Å². The van der Waals surface area contributed by atoms with Gasteiger partial charge in [0.05, 0.1) is 11.3 Å². The van der Waals surface area contributed by atoms with Gasteiger partial charge in [-0.3, -0.25) is 4.79 Å². The molecule has 0 aliphatic heterocycles. The van der Waals surface area contributed by atoms with E-state index in [1.807, 2.05) is 30.6 Å². The summed E-state index contributed by atoms with van der Waals surface area (Å²) < 4.78 is 5.29. The molecular formula is C19H18IrNO3S-. The Kier molecular flexibility index (Phi) is 8.49. The second kappa shape index (κ2) is 10.1. The number of rotatable bonds is 3. The van der Waals surface area contributed by atoms with Crippen LogP contribution in [0.1, 0.15) is 19.6 Å². The minimum atomic E-state index is -0.125. The Morgan fingerprint density at radius 2 is 1.96 bits per heavy atom. The molecule has 0 spiro atoms. The molecule has 3 rings (SSSR count). The molecule has 0 amide bonds. The molecule has 0 saturated carbocycles. The van der Waals surface area contributed by atoms with E-state index in [1.165, 1.54) is 25.5 Å². The van der Waals surface area contributed by atoms with Crippen LogP contribution in [-0.4, -0.2) is 15.9 Å². The molecule has 0 unspecified atom stereocenters. The van der Waals surface area contributed by atoms with Crippen LogP contribution in [0.5, 0.6) is 0 Å². The van der Waals surface area contributed by atoms with E-state index in [-0.39, 0.29) is 31.6 Å². The second-order valence-electron chi connectivity index (χ2n) is 5.10. The summed E-state index contributed by atoms with van der Waals surface area (Å²) in [5.74, 6) is 0.792. The molecule has 2 heterocycles. The van der Waals surface area contributed by atoms with Crippen molar-refractivity contribution in [2.75, 3.05) is 0 Å². The number of aliphatic hydroxyl groups excluding tert-OH is 1. The van der Waals surface area contributed by atoms with Crippen LogP contribution in [0.4, 0.5) is 0 Å². The van der Waals surface area contributed by atoms with Gasteiger partial charge in [0.25, 0.3) is 0 Å². The number of allylic oxidation sites excluding steroid dienone is 2. The average Bonchev–Trinajstić information content (AvgIpc) is 3.15. The topological polar surface area (TPSA) is 63.3 Å². The Morgan fingerprint density at radius 1 is 1.28 bits per heavy atom. The number of nitrogens with zero attached hydrogens (tertiary/aromatic N) is 1. The first-order chi connectivity index (χ1) is 11.5. The van der Waals surface area contributed by atoms with Gasteiger partial charge in [0, 0.05) is 37.3 Å². The number of carbonyl (C=O) groups is 1. The van der Waals surface area contributed by atoms with Gasteiger partial charge in [-0.2, -0.15) is 0 Å². The van der Waals surface area contributed by atoms with Crippen LogP contribution in [0.15, 0.2) is 58.4 Å². The number of furan rings is 1. The van der Waals surface area contributed by atoms with Gasteiger partial charge < -0.3 is 14.5 Å². The molecule has 0 atom stereocenters. The normalized spacial score (nSPS) is 10.4. The zero-order valence-corrected chi connectivity index (χ0v) is 17.3. The van der Waals surface area contributed by atoms with Gasteiger partial charge >= 0.3 is 0 Å². The fraction of sp³-hybridized carbons (Fsp3) is 0.158. The predicted octanol–water partition coefficient (Wildman–Crippen LogP) is 5.21. The first-order valence-corrected chi connectivity index (χ1v) is 8.20. The van der Waals surface area contributed by atoms with Gasteiger partial charge in [-0.1, -0.05) is 37.3 Å². The molecule has 1 N–H and O–H groups in total. The van der Waals surface area contributed by atoms with Gasteiger partial charge in [0.15, 0.2) is 5.78 Å². The van der Waals surface area contributed by atoms with Crippen molar-refractivity contribution in [3.63, 3.8) is 0 Å². The molecule has 0 fully saturated rings. The van der Waals surface area contributed by atoms with Gasteiger partial charge in [-0.15, -0.1) is 23.0 Å². The Hall–Kier alpha value is -2.01. The first kappa shape index (κ1) is 21.0. The fourth-order valence-corrected chi connectivity index (χ4v) is 2.89. The van der Waals surface area contributed by atoms with E-state index in [0.29, 0.717) is 0 Å². The van der Waals surface area contributed by atoms with Gasteiger partial charge in [-0.05, 0) is 30.9 Å². The molecule has 2 aromatic heterocycles. The van der Waals surface area contributed by atoms with E-state index in [0.717, 1.165) is 21.9 Å². The van der Waals surface area contributed by atoms with Crippen molar-refractivity contribution < 1.29 is 34.4 Å². The summed E-state index contributed by atoms with van der Waals surface area (Å²) in [5.41, 5.74) is 4.94. The van der Waals surface area contributed by atoms with Crippen molar-refractivity contribution in [2.24, 2.45) is 0 Å². The molecular weight excluding hydrogens is 514 g/mol. The van der Waals surface area contributed by atoms with Crippen LogP contribution in [0.3, 0.4) is 0 Å². The Labute approximate surface area is 164 Å². The zero-order chi connectivity index (χ0) is 17.5. The third-order valence-corrected chi connectivity index (χ3v) is 3.92. The number of hydrogen-bond acceptors (Lipinski definition) is 5. The van der Waals surface area contributed by atoms with Crippen molar-refractivity contribution in [3.05, 3.63) is 65.8 Å². The summed E-state index contributed by atoms with van der Waals surface area (Å²) in [6.07, 6.45) is 2.75. The third-order valence-electron chi connectivity index (χ3n) is 3.04. The second-order valence-corrected chi connectivity index (χ2v) is 5.96. The number of carbonyl (C=O) groups excluding carboxylic acids is 1. The van der Waals surface area contributed by atoms with E-state index in [4.69, 9.17) is 9.52 Å². The van der Waals surface area contributed by atoms with Crippen LogP contribution in [0.25, 0.3) is 21.7 Å². The molecule has 0 saturated heterocycles. The Balaban J connectivity index is 0.000000339. The predicted molar refractivity (Wildman–Crippen MR) is 95.9 cm³/mol. The van der Waals surface area contributed by atoms with E-state index in [1.54, 1.807) is 17.6 Å². The molecule has 25 heavy (non-hydrogen) atoms. The largest absolute Gasteiger partial charge is 0.540 e.